The van der Waals surface area contributed by atoms with Crippen molar-refractivity contribution in [2.24, 2.45) is 5.92 Å². The predicted molar refractivity (Wildman–Crippen MR) is 131 cm³/mol. The molecule has 1 aliphatic carbocycles. The summed E-state index contributed by atoms with van der Waals surface area (Å²) in [5.41, 5.74) is 1.42. The van der Waals surface area contributed by atoms with Gasteiger partial charge in [0.25, 0.3) is 0 Å². The van der Waals surface area contributed by atoms with Crippen LogP contribution in [0.25, 0.3) is 10.3 Å². The molecule has 2 aromatic heterocycles. The fourth-order valence-electron chi connectivity index (χ4n) is 4.39. The van der Waals surface area contributed by atoms with Crippen molar-refractivity contribution in [1.29, 1.82) is 0 Å². The number of hydrogen-bond acceptors (Lipinski definition) is 8. The zero-order chi connectivity index (χ0) is 24.3. The van der Waals surface area contributed by atoms with E-state index in [1.54, 1.807) is 31.4 Å². The maximum Gasteiger partial charge on any atom is 0.233 e. The van der Waals surface area contributed by atoms with E-state index in [1.165, 1.54) is 30.4 Å². The summed E-state index contributed by atoms with van der Waals surface area (Å²) in [6.07, 6.45) is 5.17. The molecule has 1 unspecified atom stereocenters. The van der Waals surface area contributed by atoms with Crippen molar-refractivity contribution in [2.75, 3.05) is 18.2 Å². The van der Waals surface area contributed by atoms with E-state index in [4.69, 9.17) is 4.74 Å². The van der Waals surface area contributed by atoms with E-state index in [1.807, 2.05) is 0 Å². The summed E-state index contributed by atoms with van der Waals surface area (Å²) < 4.78 is 29.9. The Balaban J connectivity index is 1.58. The number of hydrogen-bond donors (Lipinski definition) is 1. The first-order valence-corrected chi connectivity index (χ1v) is 13.7. The largest absolute Gasteiger partial charge is 0.481 e. The van der Waals surface area contributed by atoms with Gasteiger partial charge in [0.15, 0.2) is 15.0 Å². The number of anilines is 1. The molecule has 1 N–H and O–H groups in total. The van der Waals surface area contributed by atoms with Gasteiger partial charge in [-0.1, -0.05) is 49.2 Å². The number of thiazole rings is 1. The number of amides is 1. The number of ether oxygens (including phenoxy) is 1. The van der Waals surface area contributed by atoms with E-state index in [-0.39, 0.29) is 10.8 Å². The van der Waals surface area contributed by atoms with E-state index >= 15 is 0 Å². The molecule has 3 aromatic rings. The number of ketones is 1. The topological polar surface area (TPSA) is 115 Å². The first-order chi connectivity index (χ1) is 16.2. The predicted octanol–water partition coefficient (Wildman–Crippen LogP) is 4.37. The molecule has 0 bridgehead atoms. The summed E-state index contributed by atoms with van der Waals surface area (Å²) in [6.45, 7) is 1.25. The van der Waals surface area contributed by atoms with Gasteiger partial charge in [-0.25, -0.2) is 18.4 Å². The first kappa shape index (κ1) is 24.3. The van der Waals surface area contributed by atoms with Crippen molar-refractivity contribution in [2.45, 2.75) is 49.8 Å². The third-order valence-electron chi connectivity index (χ3n) is 6.06. The fourth-order valence-corrected chi connectivity index (χ4v) is 6.48. The van der Waals surface area contributed by atoms with Crippen LogP contribution in [0.2, 0.25) is 0 Å². The number of rotatable bonds is 9. The summed E-state index contributed by atoms with van der Waals surface area (Å²) in [7, 11) is -2.15. The molecule has 1 amide bonds. The van der Waals surface area contributed by atoms with Gasteiger partial charge in [0, 0.05) is 6.07 Å². The molecule has 4 rings (SSSR count). The van der Waals surface area contributed by atoms with E-state index in [9.17, 15) is 18.0 Å². The Hall–Kier alpha value is -2.85. The summed E-state index contributed by atoms with van der Waals surface area (Å²) >= 11 is 1.28. The molecule has 1 aromatic carbocycles. The van der Waals surface area contributed by atoms with Crippen LogP contribution in [-0.2, 0) is 19.4 Å². The number of carbonyl (C=O) groups is 2. The first-order valence-electron chi connectivity index (χ1n) is 11.2. The number of sulfone groups is 1. The highest BCUT2D eigenvalue weighted by Gasteiger charge is 2.28. The summed E-state index contributed by atoms with van der Waals surface area (Å²) in [6, 6.07) is 9.84. The van der Waals surface area contributed by atoms with E-state index in [0.29, 0.717) is 33.7 Å². The Labute approximate surface area is 202 Å². The second-order valence-electron chi connectivity index (χ2n) is 8.66. The molecule has 1 saturated carbocycles. The Kier molecular flexibility index (Phi) is 7.27. The molecule has 0 aliphatic heterocycles. The third-order valence-corrected chi connectivity index (χ3v) is 8.72. The number of pyridine rings is 1. The highest BCUT2D eigenvalue weighted by atomic mass is 32.2. The Morgan fingerprint density at radius 3 is 2.47 bits per heavy atom. The van der Waals surface area contributed by atoms with Crippen molar-refractivity contribution in [1.82, 2.24) is 9.97 Å². The summed E-state index contributed by atoms with van der Waals surface area (Å²) in [4.78, 5) is 34.3. The number of Topliss-reactive ketones (excluding diaryl/α,β-unsaturated/α-hetero) is 1. The lowest BCUT2D eigenvalue weighted by Crippen LogP contribution is -2.23. The number of nitrogens with one attached hydrogen (secondary N) is 1. The molecule has 180 valence electrons. The van der Waals surface area contributed by atoms with Crippen LogP contribution in [0.3, 0.4) is 0 Å². The zero-order valence-corrected chi connectivity index (χ0v) is 20.7. The van der Waals surface area contributed by atoms with E-state index < -0.39 is 27.3 Å². The Morgan fingerprint density at radius 2 is 1.82 bits per heavy atom. The van der Waals surface area contributed by atoms with Crippen molar-refractivity contribution in [3.8, 4) is 5.88 Å². The summed E-state index contributed by atoms with van der Waals surface area (Å²) in [5.74, 6) is -0.648. The minimum absolute atomic E-state index is 0.0812. The van der Waals surface area contributed by atoms with Crippen LogP contribution in [-0.4, -0.2) is 42.9 Å². The average Bonchev–Trinajstić information content (AvgIpc) is 3.45. The number of methoxy groups -OCH3 is 1. The molecular formula is C24H27N3O5S2. The normalized spacial score (nSPS) is 15.4. The van der Waals surface area contributed by atoms with Crippen LogP contribution in [0.1, 0.15) is 50.5 Å². The molecule has 10 heteroatoms. The van der Waals surface area contributed by atoms with Gasteiger partial charge in [0.1, 0.15) is 21.9 Å². The molecule has 2 heterocycles. The second-order valence-corrected chi connectivity index (χ2v) is 11.6. The lowest BCUT2D eigenvalue weighted by Gasteiger charge is -2.20. The third kappa shape index (κ3) is 5.61. The van der Waals surface area contributed by atoms with Gasteiger partial charge >= 0.3 is 0 Å². The van der Waals surface area contributed by atoms with Crippen LogP contribution in [0.4, 0.5) is 5.13 Å². The van der Waals surface area contributed by atoms with Gasteiger partial charge in [-0.2, -0.15) is 0 Å². The second kappa shape index (κ2) is 10.2. The van der Waals surface area contributed by atoms with Crippen LogP contribution < -0.4 is 10.1 Å². The van der Waals surface area contributed by atoms with Gasteiger partial charge < -0.3 is 10.1 Å². The number of carbonyl (C=O) groups excluding carboxylic acids is 2. The van der Waals surface area contributed by atoms with Crippen LogP contribution >= 0.6 is 11.3 Å². The molecule has 1 atom stereocenters. The molecular weight excluding hydrogens is 474 g/mol. The van der Waals surface area contributed by atoms with E-state index in [0.717, 1.165) is 31.2 Å². The minimum atomic E-state index is -3.69. The highest BCUT2D eigenvalue weighted by Crippen LogP contribution is 2.36. The fraction of sp³-hybridized carbons (Fsp3) is 0.417. The number of aromatic nitrogens is 2. The quantitative estimate of drug-likeness (QED) is 0.463. The number of benzene rings is 1. The highest BCUT2D eigenvalue weighted by molar-refractivity contribution is 7.92. The SMILES string of the molecule is COc1ccc2nc(NC(=O)C(CC3CCCC3)c3ccc(S(=O)(=O)CC(C)=O)cc3)sc2n1. The Bertz CT molecular complexity index is 1300. The molecule has 0 saturated heterocycles. The monoisotopic (exact) mass is 501 g/mol. The standard InChI is InChI=1S/C24H27N3O5S2/c1-15(28)14-34(30,31)18-9-7-17(8-10-18)19(13-16-5-3-4-6-16)22(29)27-24-25-20-11-12-21(32-2)26-23(20)33-24/h7-12,16,19H,3-6,13-14H2,1-2H3,(H,25,27,29). The number of nitrogens with zero attached hydrogens (tertiary/aromatic N) is 2. The number of fused-ring (bicyclic) bond motifs is 1. The average molecular weight is 502 g/mol. The molecule has 0 spiro atoms. The van der Waals surface area contributed by atoms with Crippen LogP contribution in [0.5, 0.6) is 5.88 Å². The van der Waals surface area contributed by atoms with Crippen molar-refractivity contribution in [3.05, 3.63) is 42.0 Å². The van der Waals surface area contributed by atoms with Crippen LogP contribution in [0.15, 0.2) is 41.3 Å². The van der Waals surface area contributed by atoms with E-state index in [2.05, 4.69) is 15.3 Å². The van der Waals surface area contributed by atoms with Gasteiger partial charge in [-0.15, -0.1) is 0 Å². The van der Waals surface area contributed by atoms with Gasteiger partial charge in [-0.05, 0) is 43.0 Å². The molecule has 8 nitrogen and oxygen atoms in total. The minimum Gasteiger partial charge on any atom is -0.481 e. The smallest absolute Gasteiger partial charge is 0.233 e. The van der Waals surface area contributed by atoms with Crippen molar-refractivity contribution >= 4 is 48.3 Å². The maximum atomic E-state index is 13.4. The van der Waals surface area contributed by atoms with Crippen molar-refractivity contribution < 1.29 is 22.7 Å². The van der Waals surface area contributed by atoms with Gasteiger partial charge in [0.05, 0.1) is 17.9 Å². The van der Waals surface area contributed by atoms with Crippen molar-refractivity contribution in [3.63, 3.8) is 0 Å². The lowest BCUT2D eigenvalue weighted by molar-refractivity contribution is -0.118. The van der Waals surface area contributed by atoms with Gasteiger partial charge in [0.2, 0.25) is 11.8 Å². The Morgan fingerprint density at radius 1 is 1.12 bits per heavy atom. The lowest BCUT2D eigenvalue weighted by atomic mass is 9.87. The molecule has 34 heavy (non-hydrogen) atoms. The zero-order valence-electron chi connectivity index (χ0n) is 19.1. The maximum absolute atomic E-state index is 13.4. The van der Waals surface area contributed by atoms with Crippen LogP contribution in [0, 0.1) is 5.92 Å². The summed E-state index contributed by atoms with van der Waals surface area (Å²) in [5, 5.41) is 3.39. The van der Waals surface area contributed by atoms with Gasteiger partial charge in [-0.3, -0.25) is 9.59 Å². The molecule has 1 aliphatic rings. The molecule has 0 radical (unpaired) electrons. The molecule has 1 fully saturated rings.